The van der Waals surface area contributed by atoms with Crippen LogP contribution in [0.2, 0.25) is 0 Å². The van der Waals surface area contributed by atoms with Crippen molar-refractivity contribution in [1.82, 2.24) is 0 Å². The molecule has 7 heteroatoms. The molecule has 0 radical (unpaired) electrons. The van der Waals surface area contributed by atoms with Crippen LogP contribution >= 0.6 is 0 Å². The number of carbonyl (C=O) groups is 1. The van der Waals surface area contributed by atoms with Crippen LogP contribution in [0.15, 0.2) is 23.1 Å². The Labute approximate surface area is 137 Å². The Hall–Kier alpha value is -1.60. The van der Waals surface area contributed by atoms with Crippen molar-refractivity contribution < 1.29 is 27.2 Å². The first-order chi connectivity index (χ1) is 10.6. The summed E-state index contributed by atoms with van der Waals surface area (Å²) in [4.78, 5) is 12.0. The first-order valence-electron chi connectivity index (χ1n) is 7.58. The minimum Gasteiger partial charge on any atom is -0.507 e. The van der Waals surface area contributed by atoms with Crippen LogP contribution in [0.3, 0.4) is 0 Å². The third kappa shape index (κ3) is 5.51. The van der Waals surface area contributed by atoms with Crippen molar-refractivity contribution >= 4 is 16.1 Å². The molecule has 6 nitrogen and oxygen atoms in total. The van der Waals surface area contributed by atoms with Crippen molar-refractivity contribution in [2.45, 2.75) is 57.5 Å². The number of phenolic OH excluding ortho intramolecular Hbond substituents is 1. The molecular formula is C16H24O6S. The summed E-state index contributed by atoms with van der Waals surface area (Å²) in [7, 11) is -3.97. The summed E-state index contributed by atoms with van der Waals surface area (Å²) in [5, 5.41) is 9.82. The van der Waals surface area contributed by atoms with E-state index in [1.807, 2.05) is 13.8 Å². The van der Waals surface area contributed by atoms with Crippen LogP contribution in [0.25, 0.3) is 0 Å². The fourth-order valence-electron chi connectivity index (χ4n) is 1.59. The Morgan fingerprint density at radius 1 is 1.26 bits per heavy atom. The number of ether oxygens (including phenoxy) is 1. The van der Waals surface area contributed by atoms with Gasteiger partial charge in [-0.15, -0.1) is 0 Å². The van der Waals surface area contributed by atoms with Crippen LogP contribution in [0.5, 0.6) is 5.75 Å². The zero-order valence-electron chi connectivity index (χ0n) is 14.0. The molecule has 0 unspecified atom stereocenters. The number of hydrogen-bond acceptors (Lipinski definition) is 6. The molecule has 0 saturated carbocycles. The molecule has 130 valence electrons. The van der Waals surface area contributed by atoms with Crippen LogP contribution in [0.1, 0.15) is 57.3 Å². The van der Waals surface area contributed by atoms with E-state index in [0.717, 1.165) is 18.6 Å². The van der Waals surface area contributed by atoms with Crippen molar-refractivity contribution in [3.63, 3.8) is 0 Å². The molecule has 0 atom stereocenters. The maximum Gasteiger partial charge on any atom is 0.342 e. The molecule has 0 aliphatic heterocycles. The molecule has 1 aromatic rings. The van der Waals surface area contributed by atoms with E-state index in [1.54, 1.807) is 13.8 Å². The van der Waals surface area contributed by atoms with Gasteiger partial charge in [0.2, 0.25) is 0 Å². The Morgan fingerprint density at radius 3 is 2.48 bits per heavy atom. The summed E-state index contributed by atoms with van der Waals surface area (Å²) in [5.41, 5.74) is -0.914. The predicted octanol–water partition coefficient (Wildman–Crippen LogP) is 3.24. The largest absolute Gasteiger partial charge is 0.507 e. The first kappa shape index (κ1) is 19.4. The van der Waals surface area contributed by atoms with Gasteiger partial charge in [-0.2, -0.15) is 8.42 Å². The fraction of sp³-hybridized carbons (Fsp3) is 0.562. The molecule has 0 spiro atoms. The number of phenols is 1. The number of carbonyl (C=O) groups excluding carboxylic acids is 1. The number of hydrogen-bond donors (Lipinski definition) is 1. The number of rotatable bonds is 8. The molecule has 0 aliphatic rings. The minimum absolute atomic E-state index is 0.0718. The maximum absolute atomic E-state index is 12.2. The minimum atomic E-state index is -3.97. The lowest BCUT2D eigenvalue weighted by molar-refractivity contribution is -0.00271. The Morgan fingerprint density at radius 2 is 1.91 bits per heavy atom. The Kier molecular flexibility index (Phi) is 6.58. The smallest absolute Gasteiger partial charge is 0.342 e. The average Bonchev–Trinajstić information content (AvgIpc) is 2.47. The van der Waals surface area contributed by atoms with E-state index < -0.39 is 21.7 Å². The van der Waals surface area contributed by atoms with Crippen LogP contribution < -0.4 is 0 Å². The summed E-state index contributed by atoms with van der Waals surface area (Å²) < 4.78 is 34.3. The average molecular weight is 344 g/mol. The van der Waals surface area contributed by atoms with E-state index in [1.165, 1.54) is 6.07 Å². The zero-order valence-corrected chi connectivity index (χ0v) is 14.8. The normalized spacial score (nSPS) is 12.2. The van der Waals surface area contributed by atoms with Gasteiger partial charge in [0, 0.05) is 0 Å². The van der Waals surface area contributed by atoms with Crippen LogP contribution in [-0.4, -0.2) is 31.7 Å². The molecule has 1 N–H and O–H groups in total. The van der Waals surface area contributed by atoms with Gasteiger partial charge in [0.15, 0.2) is 0 Å². The van der Waals surface area contributed by atoms with Gasteiger partial charge in [0.05, 0.1) is 11.5 Å². The Balaban J connectivity index is 3.06. The molecule has 0 heterocycles. The maximum atomic E-state index is 12.2. The predicted molar refractivity (Wildman–Crippen MR) is 85.9 cm³/mol. The summed E-state index contributed by atoms with van der Waals surface area (Å²) in [6.07, 6.45) is 1.99. The highest BCUT2D eigenvalue weighted by atomic mass is 32.2. The zero-order chi connectivity index (χ0) is 17.7. The first-order valence-corrected chi connectivity index (χ1v) is 8.99. The molecule has 0 saturated heterocycles. The van der Waals surface area contributed by atoms with Gasteiger partial charge in [-0.25, -0.2) is 4.79 Å². The fourth-order valence-corrected chi connectivity index (χ4v) is 2.56. The van der Waals surface area contributed by atoms with Gasteiger partial charge in [-0.05, 0) is 44.9 Å². The lowest BCUT2D eigenvalue weighted by Gasteiger charge is -2.23. The van der Waals surface area contributed by atoms with Crippen molar-refractivity contribution in [1.29, 1.82) is 0 Å². The third-order valence-electron chi connectivity index (χ3n) is 3.43. The second-order valence-corrected chi connectivity index (χ2v) is 7.43. The highest BCUT2D eigenvalue weighted by Gasteiger charge is 2.25. The van der Waals surface area contributed by atoms with E-state index in [9.17, 15) is 18.3 Å². The summed E-state index contributed by atoms with van der Waals surface area (Å²) in [6.45, 7) is 7.31. The lowest BCUT2D eigenvalue weighted by atomic mass is 10.1. The summed E-state index contributed by atoms with van der Waals surface area (Å²) in [5.74, 6) is -1.12. The topological polar surface area (TPSA) is 89.9 Å². The van der Waals surface area contributed by atoms with Gasteiger partial charge < -0.3 is 9.84 Å². The number of unbranched alkanes of at least 4 members (excludes halogenated alkanes) is 1. The Bertz CT molecular complexity index is 649. The lowest BCUT2D eigenvalue weighted by Crippen LogP contribution is -2.27. The van der Waals surface area contributed by atoms with E-state index in [0.29, 0.717) is 12.8 Å². The quantitative estimate of drug-likeness (QED) is 0.442. The van der Waals surface area contributed by atoms with E-state index in [2.05, 4.69) is 0 Å². The number of esters is 1. The van der Waals surface area contributed by atoms with Crippen molar-refractivity contribution in [3.8, 4) is 5.75 Å². The summed E-state index contributed by atoms with van der Waals surface area (Å²) >= 11 is 0. The van der Waals surface area contributed by atoms with Gasteiger partial charge in [0.25, 0.3) is 10.1 Å². The van der Waals surface area contributed by atoms with Crippen LogP contribution in [0.4, 0.5) is 0 Å². The van der Waals surface area contributed by atoms with Gasteiger partial charge in [0.1, 0.15) is 16.9 Å². The molecule has 0 aromatic heterocycles. The van der Waals surface area contributed by atoms with E-state index in [4.69, 9.17) is 8.92 Å². The third-order valence-corrected chi connectivity index (χ3v) is 4.74. The molecule has 1 aromatic carbocycles. The van der Waals surface area contributed by atoms with Gasteiger partial charge in [-0.3, -0.25) is 4.18 Å². The van der Waals surface area contributed by atoms with Gasteiger partial charge >= 0.3 is 5.97 Å². The monoisotopic (exact) mass is 344 g/mol. The molecule has 23 heavy (non-hydrogen) atoms. The van der Waals surface area contributed by atoms with Crippen molar-refractivity contribution in [2.24, 2.45) is 0 Å². The standard InChI is InChI=1S/C16H24O6S/c1-5-7-10-21-23(19,20)12-8-9-14(17)13(11-12)15(18)22-16(3,4)6-2/h8-9,11,17H,5-7,10H2,1-4H3. The number of benzene rings is 1. The molecule has 1 rings (SSSR count). The van der Waals surface area contributed by atoms with Crippen LogP contribution in [0, 0.1) is 0 Å². The van der Waals surface area contributed by atoms with Crippen molar-refractivity contribution in [3.05, 3.63) is 23.8 Å². The van der Waals surface area contributed by atoms with E-state index in [-0.39, 0.29) is 22.8 Å². The molecule has 0 aliphatic carbocycles. The molecule has 0 fully saturated rings. The van der Waals surface area contributed by atoms with Crippen molar-refractivity contribution in [2.75, 3.05) is 6.61 Å². The molecule has 0 bridgehead atoms. The van der Waals surface area contributed by atoms with E-state index >= 15 is 0 Å². The van der Waals surface area contributed by atoms with Crippen LogP contribution in [-0.2, 0) is 19.0 Å². The number of aromatic hydroxyl groups is 1. The summed E-state index contributed by atoms with van der Waals surface area (Å²) in [6, 6.07) is 3.41. The molecule has 0 amide bonds. The SMILES string of the molecule is CCCCOS(=O)(=O)c1ccc(O)c(C(=O)OC(C)(C)CC)c1. The van der Waals surface area contributed by atoms with Gasteiger partial charge in [-0.1, -0.05) is 20.3 Å². The molecular weight excluding hydrogens is 320 g/mol. The second-order valence-electron chi connectivity index (χ2n) is 5.81. The highest BCUT2D eigenvalue weighted by Crippen LogP contribution is 2.26. The highest BCUT2D eigenvalue weighted by molar-refractivity contribution is 7.86. The second kappa shape index (κ2) is 7.79.